The van der Waals surface area contributed by atoms with Gasteiger partial charge < -0.3 is 9.47 Å². The zero-order valence-electron chi connectivity index (χ0n) is 18.5. The van der Waals surface area contributed by atoms with E-state index in [1.165, 1.54) is 0 Å². The van der Waals surface area contributed by atoms with Crippen LogP contribution in [0.5, 0.6) is 11.5 Å². The van der Waals surface area contributed by atoms with E-state index in [1.54, 1.807) is 48.5 Å². The van der Waals surface area contributed by atoms with Crippen molar-refractivity contribution in [2.45, 2.75) is 46.5 Å². The quantitative estimate of drug-likeness (QED) is 0.331. The first-order valence-electron chi connectivity index (χ1n) is 10.7. The van der Waals surface area contributed by atoms with Gasteiger partial charge in [-0.05, 0) is 54.2 Å². The zero-order valence-corrected chi connectivity index (χ0v) is 18.5. The maximum atomic E-state index is 12.9. The third kappa shape index (κ3) is 5.02. The van der Waals surface area contributed by atoms with E-state index >= 15 is 0 Å². The first-order valence-corrected chi connectivity index (χ1v) is 10.7. The lowest BCUT2D eigenvalue weighted by Crippen LogP contribution is -2.16. The van der Waals surface area contributed by atoms with Gasteiger partial charge in [-0.15, -0.1) is 0 Å². The summed E-state index contributed by atoms with van der Waals surface area (Å²) < 4.78 is 11.8. The standard InChI is InChI=1S/C27H28O4/c1-5-19-17-20(6-2)24(30-26(28)21-13-9-7-10-14-21)25(23(19)18(3)4)31-27(29)22-15-11-8-12-16-22/h7-18H,5-6H2,1-4H3. The lowest BCUT2D eigenvalue weighted by Gasteiger charge is -2.22. The molecule has 3 rings (SSSR count). The number of aryl methyl sites for hydroxylation is 2. The predicted octanol–water partition coefficient (Wildman–Crippen LogP) is 6.37. The Balaban J connectivity index is 2.13. The SMILES string of the molecule is CCc1cc(CC)c(C(C)C)c(OC(=O)c2ccccc2)c1OC(=O)c1ccccc1. The highest BCUT2D eigenvalue weighted by Crippen LogP contribution is 2.42. The van der Waals surface area contributed by atoms with Crippen LogP contribution in [0.15, 0.2) is 66.7 Å². The molecule has 4 nitrogen and oxygen atoms in total. The van der Waals surface area contributed by atoms with Crippen LogP contribution in [0.25, 0.3) is 0 Å². The summed E-state index contributed by atoms with van der Waals surface area (Å²) in [6.07, 6.45) is 1.42. The van der Waals surface area contributed by atoms with Gasteiger partial charge in [0.2, 0.25) is 0 Å². The normalized spacial score (nSPS) is 10.7. The van der Waals surface area contributed by atoms with Crippen LogP contribution in [0.1, 0.15) is 71.0 Å². The monoisotopic (exact) mass is 416 g/mol. The van der Waals surface area contributed by atoms with Crippen molar-refractivity contribution in [2.24, 2.45) is 0 Å². The van der Waals surface area contributed by atoms with Crippen molar-refractivity contribution in [1.29, 1.82) is 0 Å². The van der Waals surface area contributed by atoms with Gasteiger partial charge in [-0.3, -0.25) is 0 Å². The average Bonchev–Trinajstić information content (AvgIpc) is 2.80. The summed E-state index contributed by atoms with van der Waals surface area (Å²) in [5.41, 5.74) is 3.69. The number of benzene rings is 3. The molecule has 0 unspecified atom stereocenters. The van der Waals surface area contributed by atoms with Crippen LogP contribution in [0, 0.1) is 0 Å². The van der Waals surface area contributed by atoms with Gasteiger partial charge in [-0.2, -0.15) is 0 Å². The summed E-state index contributed by atoms with van der Waals surface area (Å²) in [6, 6.07) is 19.7. The number of hydrogen-bond donors (Lipinski definition) is 0. The Kier molecular flexibility index (Phi) is 7.24. The van der Waals surface area contributed by atoms with E-state index in [0.717, 1.165) is 23.1 Å². The zero-order chi connectivity index (χ0) is 22.4. The Bertz CT molecular complexity index is 1050. The van der Waals surface area contributed by atoms with Gasteiger partial charge in [0.1, 0.15) is 0 Å². The van der Waals surface area contributed by atoms with Gasteiger partial charge in [-0.1, -0.05) is 70.2 Å². The molecule has 0 radical (unpaired) electrons. The Labute approximate surface area is 183 Å². The third-order valence-electron chi connectivity index (χ3n) is 5.18. The molecule has 0 fully saturated rings. The van der Waals surface area contributed by atoms with Gasteiger partial charge in [0.15, 0.2) is 11.5 Å². The number of hydrogen-bond acceptors (Lipinski definition) is 4. The Morgan fingerprint density at radius 1 is 0.710 bits per heavy atom. The molecule has 0 aromatic heterocycles. The van der Waals surface area contributed by atoms with Crippen LogP contribution in [-0.2, 0) is 12.8 Å². The minimum absolute atomic E-state index is 0.0774. The summed E-state index contributed by atoms with van der Waals surface area (Å²) >= 11 is 0. The largest absolute Gasteiger partial charge is 0.419 e. The Morgan fingerprint density at radius 2 is 1.16 bits per heavy atom. The van der Waals surface area contributed by atoms with Crippen molar-refractivity contribution in [3.63, 3.8) is 0 Å². The van der Waals surface area contributed by atoms with Crippen LogP contribution < -0.4 is 9.47 Å². The number of carbonyl (C=O) groups is 2. The average molecular weight is 417 g/mol. The van der Waals surface area contributed by atoms with Gasteiger partial charge in [0.05, 0.1) is 11.1 Å². The summed E-state index contributed by atoms with van der Waals surface area (Å²) in [6.45, 7) is 8.15. The molecule has 0 bridgehead atoms. The third-order valence-corrected chi connectivity index (χ3v) is 5.18. The highest BCUT2D eigenvalue weighted by atomic mass is 16.6. The molecule has 0 aliphatic heterocycles. The van der Waals surface area contributed by atoms with Crippen LogP contribution in [-0.4, -0.2) is 11.9 Å². The second-order valence-corrected chi connectivity index (χ2v) is 7.64. The smallest absolute Gasteiger partial charge is 0.343 e. The van der Waals surface area contributed by atoms with Gasteiger partial charge in [-0.25, -0.2) is 9.59 Å². The maximum absolute atomic E-state index is 12.9. The summed E-state index contributed by atoms with van der Waals surface area (Å²) in [4.78, 5) is 25.8. The number of esters is 2. The molecule has 4 heteroatoms. The molecule has 0 amide bonds. The Morgan fingerprint density at radius 3 is 1.58 bits per heavy atom. The van der Waals surface area contributed by atoms with Crippen molar-refractivity contribution in [3.8, 4) is 11.5 Å². The van der Waals surface area contributed by atoms with Gasteiger partial charge in [0, 0.05) is 5.56 Å². The molecule has 0 saturated heterocycles. The highest BCUT2D eigenvalue weighted by Gasteiger charge is 2.26. The van der Waals surface area contributed by atoms with Gasteiger partial charge >= 0.3 is 11.9 Å². The van der Waals surface area contributed by atoms with Crippen LogP contribution in [0.4, 0.5) is 0 Å². The van der Waals surface area contributed by atoms with Crippen LogP contribution >= 0.6 is 0 Å². The molecule has 3 aromatic rings. The minimum Gasteiger partial charge on any atom is -0.419 e. The van der Waals surface area contributed by atoms with Crippen molar-refractivity contribution in [3.05, 3.63) is 94.5 Å². The summed E-state index contributed by atoms with van der Waals surface area (Å²) in [5, 5.41) is 0. The van der Waals surface area contributed by atoms with E-state index in [4.69, 9.17) is 9.47 Å². The summed E-state index contributed by atoms with van der Waals surface area (Å²) in [7, 11) is 0. The lowest BCUT2D eigenvalue weighted by atomic mass is 9.91. The molecule has 160 valence electrons. The fourth-order valence-electron chi connectivity index (χ4n) is 3.62. The van der Waals surface area contributed by atoms with Crippen molar-refractivity contribution >= 4 is 11.9 Å². The van der Waals surface area contributed by atoms with E-state index in [2.05, 4.69) is 13.0 Å². The second kappa shape index (κ2) is 10.1. The fourth-order valence-corrected chi connectivity index (χ4v) is 3.62. The molecule has 0 atom stereocenters. The van der Waals surface area contributed by atoms with E-state index < -0.39 is 11.9 Å². The molecule has 0 aliphatic rings. The number of carbonyl (C=O) groups excluding carboxylic acids is 2. The number of rotatable bonds is 7. The first-order chi connectivity index (χ1) is 15.0. The van der Waals surface area contributed by atoms with Crippen molar-refractivity contribution in [1.82, 2.24) is 0 Å². The number of ether oxygens (including phenoxy) is 2. The maximum Gasteiger partial charge on any atom is 0.343 e. The molecule has 0 spiro atoms. The first kappa shape index (κ1) is 22.3. The van der Waals surface area contributed by atoms with Crippen molar-refractivity contribution < 1.29 is 19.1 Å². The highest BCUT2D eigenvalue weighted by molar-refractivity contribution is 5.93. The Hall–Kier alpha value is -3.40. The van der Waals surface area contributed by atoms with Gasteiger partial charge in [0.25, 0.3) is 0 Å². The topological polar surface area (TPSA) is 52.6 Å². The van der Waals surface area contributed by atoms with E-state index in [9.17, 15) is 9.59 Å². The molecule has 0 N–H and O–H groups in total. The molecular weight excluding hydrogens is 388 g/mol. The van der Waals surface area contributed by atoms with Crippen LogP contribution in [0.2, 0.25) is 0 Å². The van der Waals surface area contributed by atoms with E-state index in [0.29, 0.717) is 29.0 Å². The molecule has 0 heterocycles. The second-order valence-electron chi connectivity index (χ2n) is 7.64. The minimum atomic E-state index is -0.480. The molecule has 31 heavy (non-hydrogen) atoms. The van der Waals surface area contributed by atoms with Crippen molar-refractivity contribution in [2.75, 3.05) is 0 Å². The molecule has 0 aliphatic carbocycles. The van der Waals surface area contributed by atoms with E-state index in [-0.39, 0.29) is 5.92 Å². The summed E-state index contributed by atoms with van der Waals surface area (Å²) in [5.74, 6) is -0.222. The van der Waals surface area contributed by atoms with Crippen LogP contribution in [0.3, 0.4) is 0 Å². The van der Waals surface area contributed by atoms with E-state index in [1.807, 2.05) is 32.9 Å². The lowest BCUT2D eigenvalue weighted by molar-refractivity contribution is 0.0679. The fraction of sp³-hybridized carbons (Fsp3) is 0.259. The predicted molar refractivity (Wildman–Crippen MR) is 122 cm³/mol. The molecular formula is C27H28O4. The molecule has 0 saturated carbocycles. The molecule has 3 aromatic carbocycles.